The normalized spacial score (nSPS) is 20.8. The molecule has 2 amide bonds. The molecule has 2 saturated heterocycles. The van der Waals surface area contributed by atoms with Crippen molar-refractivity contribution < 1.29 is 9.59 Å². The Morgan fingerprint density at radius 3 is 2.54 bits per heavy atom. The first kappa shape index (κ1) is 21.5. The molecule has 3 rings (SSSR count). The van der Waals surface area contributed by atoms with Gasteiger partial charge in [0.05, 0.1) is 6.54 Å². The van der Waals surface area contributed by atoms with Crippen molar-refractivity contribution in [3.8, 4) is 0 Å². The Morgan fingerprint density at radius 2 is 1.82 bits per heavy atom. The average molecular weight is 422 g/mol. The van der Waals surface area contributed by atoms with E-state index >= 15 is 0 Å². The molecule has 0 spiro atoms. The molecule has 28 heavy (non-hydrogen) atoms. The number of carbonyl (C=O) groups excluding carboxylic acids is 2. The van der Waals surface area contributed by atoms with E-state index in [9.17, 15) is 9.59 Å². The van der Waals surface area contributed by atoms with Gasteiger partial charge >= 0.3 is 0 Å². The maximum Gasteiger partial charge on any atom is 0.238 e. The zero-order valence-corrected chi connectivity index (χ0v) is 18.0. The highest BCUT2D eigenvalue weighted by atomic mass is 33.1. The van der Waals surface area contributed by atoms with Gasteiger partial charge in [-0.15, -0.1) is 0 Å². The highest BCUT2D eigenvalue weighted by Gasteiger charge is 2.22. The third-order valence-corrected chi connectivity index (χ3v) is 8.29. The van der Waals surface area contributed by atoms with Crippen molar-refractivity contribution >= 4 is 39.1 Å². The monoisotopic (exact) mass is 421 g/mol. The zero-order valence-electron chi connectivity index (χ0n) is 16.4. The van der Waals surface area contributed by atoms with Gasteiger partial charge in [-0.25, -0.2) is 0 Å². The number of carbonyl (C=O) groups is 2. The molecular weight excluding hydrogens is 390 g/mol. The van der Waals surface area contributed by atoms with Crippen molar-refractivity contribution in [1.29, 1.82) is 0 Å². The van der Waals surface area contributed by atoms with Crippen LogP contribution in [0.1, 0.15) is 44.9 Å². The minimum Gasteiger partial charge on any atom is -0.353 e. The number of benzene rings is 1. The Balaban J connectivity index is 1.25. The van der Waals surface area contributed by atoms with E-state index in [1.54, 1.807) is 0 Å². The first-order chi connectivity index (χ1) is 13.7. The Labute approximate surface area is 176 Å². The first-order valence-corrected chi connectivity index (χ1v) is 12.7. The molecule has 0 radical (unpaired) electrons. The van der Waals surface area contributed by atoms with Gasteiger partial charge in [-0.05, 0) is 44.2 Å². The quantitative estimate of drug-likeness (QED) is 0.467. The summed E-state index contributed by atoms with van der Waals surface area (Å²) in [7, 11) is 4.00. The molecule has 5 nitrogen and oxygen atoms in total. The number of hydrogen-bond donors (Lipinski definition) is 2. The zero-order chi connectivity index (χ0) is 19.6. The molecule has 2 N–H and O–H groups in total. The van der Waals surface area contributed by atoms with Crippen molar-refractivity contribution in [1.82, 2.24) is 10.2 Å². The van der Waals surface area contributed by atoms with E-state index in [4.69, 9.17) is 0 Å². The van der Waals surface area contributed by atoms with E-state index in [2.05, 4.69) is 15.5 Å². The first-order valence-electron chi connectivity index (χ1n) is 10.3. The molecule has 0 aliphatic carbocycles. The lowest BCUT2D eigenvalue weighted by molar-refractivity contribution is -0.122. The van der Waals surface area contributed by atoms with Crippen LogP contribution in [0.5, 0.6) is 0 Å². The van der Waals surface area contributed by atoms with Crippen LogP contribution in [-0.2, 0) is 9.59 Å². The number of rotatable bonds is 9. The van der Waals surface area contributed by atoms with Gasteiger partial charge in [0, 0.05) is 42.2 Å². The number of likely N-dealkylation sites (tertiary alicyclic amines) is 1. The van der Waals surface area contributed by atoms with Crippen molar-refractivity contribution in [3.05, 3.63) is 30.3 Å². The van der Waals surface area contributed by atoms with Crippen LogP contribution in [0.4, 0.5) is 5.69 Å². The third kappa shape index (κ3) is 7.68. The molecular formula is C21H31N3O2S2. The summed E-state index contributed by atoms with van der Waals surface area (Å²) in [6.45, 7) is 2.11. The number of para-hydroxylation sites is 1. The predicted molar refractivity (Wildman–Crippen MR) is 120 cm³/mol. The molecule has 1 aromatic carbocycles. The average Bonchev–Trinajstić information content (AvgIpc) is 3.21. The summed E-state index contributed by atoms with van der Waals surface area (Å²) in [6.07, 6.45) is 7.19. The van der Waals surface area contributed by atoms with Gasteiger partial charge in [-0.3, -0.25) is 14.5 Å². The lowest BCUT2D eigenvalue weighted by Gasteiger charge is -2.31. The third-order valence-electron chi connectivity index (χ3n) is 5.28. The van der Waals surface area contributed by atoms with Gasteiger partial charge in [-0.1, -0.05) is 46.2 Å². The predicted octanol–water partition coefficient (Wildman–Crippen LogP) is 3.92. The molecule has 7 heteroatoms. The molecule has 0 saturated carbocycles. The summed E-state index contributed by atoms with van der Waals surface area (Å²) in [5.41, 5.74) is 0.833. The van der Waals surface area contributed by atoms with Crippen LogP contribution in [-0.4, -0.2) is 53.4 Å². The number of hydrogen-bond acceptors (Lipinski definition) is 5. The minimum atomic E-state index is 0.0208. The molecule has 1 atom stereocenters. The molecule has 2 aliphatic rings. The fraction of sp³-hybridized carbons (Fsp3) is 0.619. The number of amides is 2. The van der Waals surface area contributed by atoms with Crippen molar-refractivity contribution in [3.63, 3.8) is 0 Å². The molecule has 0 bridgehead atoms. The second-order valence-electron chi connectivity index (χ2n) is 7.61. The topological polar surface area (TPSA) is 61.4 Å². The smallest absolute Gasteiger partial charge is 0.238 e. The van der Waals surface area contributed by atoms with E-state index in [-0.39, 0.29) is 17.9 Å². The van der Waals surface area contributed by atoms with Crippen LogP contribution < -0.4 is 10.6 Å². The number of anilines is 1. The molecule has 1 unspecified atom stereocenters. The molecule has 0 aromatic heterocycles. The van der Waals surface area contributed by atoms with E-state index in [0.717, 1.165) is 49.7 Å². The maximum absolute atomic E-state index is 12.2. The lowest BCUT2D eigenvalue weighted by Crippen LogP contribution is -2.46. The lowest BCUT2D eigenvalue weighted by atomic mass is 10.0. The Hall–Kier alpha value is -1.18. The number of piperidine rings is 1. The second-order valence-corrected chi connectivity index (χ2v) is 10.4. The molecule has 1 aromatic rings. The van der Waals surface area contributed by atoms with Crippen LogP contribution in [0.25, 0.3) is 0 Å². The van der Waals surface area contributed by atoms with Crippen molar-refractivity contribution in [2.75, 3.05) is 30.7 Å². The minimum absolute atomic E-state index is 0.0208. The SMILES string of the molecule is O=C(CN1CCC(NC(=O)CCCCC2CCSS2)CC1)Nc1ccccc1. The fourth-order valence-electron chi connectivity index (χ4n) is 3.68. The fourth-order valence-corrected chi connectivity index (χ4v) is 6.71. The van der Waals surface area contributed by atoms with Gasteiger partial charge in [-0.2, -0.15) is 0 Å². The van der Waals surface area contributed by atoms with Gasteiger partial charge in [0.25, 0.3) is 0 Å². The number of nitrogens with one attached hydrogen (secondary N) is 2. The molecule has 154 valence electrons. The van der Waals surface area contributed by atoms with Crippen LogP contribution in [0.2, 0.25) is 0 Å². The van der Waals surface area contributed by atoms with Gasteiger partial charge in [0.2, 0.25) is 11.8 Å². The molecule has 2 aliphatic heterocycles. The van der Waals surface area contributed by atoms with E-state index in [1.807, 2.05) is 51.9 Å². The van der Waals surface area contributed by atoms with Gasteiger partial charge < -0.3 is 10.6 Å². The van der Waals surface area contributed by atoms with Gasteiger partial charge in [0.15, 0.2) is 0 Å². The highest BCUT2D eigenvalue weighted by Crippen LogP contribution is 2.39. The molecule has 2 heterocycles. The van der Waals surface area contributed by atoms with Crippen molar-refractivity contribution in [2.45, 2.75) is 56.2 Å². The summed E-state index contributed by atoms with van der Waals surface area (Å²) in [5.74, 6) is 1.49. The Morgan fingerprint density at radius 1 is 1.04 bits per heavy atom. The van der Waals surface area contributed by atoms with Crippen LogP contribution in [0, 0.1) is 0 Å². The second kappa shape index (κ2) is 11.7. The summed E-state index contributed by atoms with van der Waals surface area (Å²) in [4.78, 5) is 26.5. The Bertz CT molecular complexity index is 615. The molecule has 2 fully saturated rings. The van der Waals surface area contributed by atoms with E-state index < -0.39 is 0 Å². The summed E-state index contributed by atoms with van der Waals surface area (Å²) in [6, 6.07) is 9.80. The maximum atomic E-state index is 12.2. The summed E-state index contributed by atoms with van der Waals surface area (Å²) in [5, 5.41) is 6.92. The van der Waals surface area contributed by atoms with Crippen LogP contribution >= 0.6 is 21.6 Å². The van der Waals surface area contributed by atoms with Crippen LogP contribution in [0.15, 0.2) is 30.3 Å². The summed E-state index contributed by atoms with van der Waals surface area (Å²) < 4.78 is 0. The summed E-state index contributed by atoms with van der Waals surface area (Å²) >= 11 is 0. The standard InChI is InChI=1S/C21H31N3O2S2/c25-20(9-5-4-8-19-12-15-27-28-19)22-18-10-13-24(14-11-18)16-21(26)23-17-6-2-1-3-7-17/h1-3,6-7,18-19H,4-5,8-16H2,(H,22,25)(H,23,26). The Kier molecular flexibility index (Phi) is 9.02. The largest absolute Gasteiger partial charge is 0.353 e. The highest BCUT2D eigenvalue weighted by molar-refractivity contribution is 8.77. The van der Waals surface area contributed by atoms with E-state index in [0.29, 0.717) is 13.0 Å². The number of nitrogens with zero attached hydrogens (tertiary/aromatic N) is 1. The van der Waals surface area contributed by atoms with Gasteiger partial charge in [0.1, 0.15) is 0 Å². The van der Waals surface area contributed by atoms with E-state index in [1.165, 1.54) is 18.6 Å². The number of unbranched alkanes of at least 4 members (excludes halogenated alkanes) is 1. The van der Waals surface area contributed by atoms with Crippen molar-refractivity contribution in [2.24, 2.45) is 0 Å². The van der Waals surface area contributed by atoms with Crippen LogP contribution in [0.3, 0.4) is 0 Å².